The fraction of sp³-hybridized carbons (Fsp3) is 0.407. The molecule has 0 spiro atoms. The van der Waals surface area contributed by atoms with Gasteiger partial charge in [-0.25, -0.2) is 0 Å². The van der Waals surface area contributed by atoms with E-state index in [9.17, 15) is 9.59 Å². The number of halogens is 1. The van der Waals surface area contributed by atoms with Crippen LogP contribution in [0.2, 0.25) is 5.02 Å². The first kappa shape index (κ1) is 21.3. The van der Waals surface area contributed by atoms with Crippen molar-refractivity contribution in [3.63, 3.8) is 0 Å². The van der Waals surface area contributed by atoms with Gasteiger partial charge >= 0.3 is 0 Å². The van der Waals surface area contributed by atoms with Crippen LogP contribution in [0.25, 0.3) is 11.3 Å². The topological polar surface area (TPSA) is 56.5 Å². The number of hydrogen-bond donors (Lipinski definition) is 0. The van der Waals surface area contributed by atoms with Crippen molar-refractivity contribution in [2.45, 2.75) is 59.3 Å². The van der Waals surface area contributed by atoms with Crippen molar-refractivity contribution in [3.8, 4) is 11.3 Å². The Kier molecular flexibility index (Phi) is 4.79. The van der Waals surface area contributed by atoms with Crippen LogP contribution in [0.15, 0.2) is 63.5 Å². The maximum Gasteiger partial charge on any atom is 0.163 e. The number of ketones is 2. The first-order valence-electron chi connectivity index (χ1n) is 11.1. The number of Topliss-reactive ketones (excluding diaryl/α,β-unsaturated/α-hetero) is 2. The molecule has 2 heterocycles. The third-order valence-electron chi connectivity index (χ3n) is 6.60. The average molecular weight is 451 g/mol. The molecule has 32 heavy (non-hydrogen) atoms. The monoisotopic (exact) mass is 450 g/mol. The molecule has 4 nitrogen and oxygen atoms in total. The number of carbonyl (C=O) groups excluding carboxylic acids is 2. The van der Waals surface area contributed by atoms with Crippen LogP contribution in [0.5, 0.6) is 0 Å². The zero-order valence-electron chi connectivity index (χ0n) is 18.9. The Bertz CT molecular complexity index is 1160. The number of rotatable bonds is 2. The fourth-order valence-electron chi connectivity index (χ4n) is 5.26. The Labute approximate surface area is 193 Å². The van der Waals surface area contributed by atoms with E-state index in [1.54, 1.807) is 0 Å². The lowest BCUT2D eigenvalue weighted by molar-refractivity contribution is -0.120. The summed E-state index contributed by atoms with van der Waals surface area (Å²) in [6.45, 7) is 8.32. The van der Waals surface area contributed by atoms with E-state index in [0.29, 0.717) is 64.9 Å². The molecule has 0 fully saturated rings. The van der Waals surface area contributed by atoms with Gasteiger partial charge in [0.25, 0.3) is 0 Å². The predicted molar refractivity (Wildman–Crippen MR) is 123 cm³/mol. The van der Waals surface area contributed by atoms with E-state index in [0.717, 1.165) is 5.56 Å². The highest BCUT2D eigenvalue weighted by atomic mass is 35.5. The zero-order chi connectivity index (χ0) is 22.8. The van der Waals surface area contributed by atoms with Crippen molar-refractivity contribution in [2.75, 3.05) is 0 Å². The highest BCUT2D eigenvalue weighted by Gasteiger charge is 2.48. The van der Waals surface area contributed by atoms with Crippen LogP contribution in [0.1, 0.15) is 65.1 Å². The summed E-state index contributed by atoms with van der Waals surface area (Å²) in [6, 6.07) is 11.2. The van der Waals surface area contributed by atoms with E-state index < -0.39 is 5.92 Å². The van der Waals surface area contributed by atoms with E-state index in [-0.39, 0.29) is 22.4 Å². The zero-order valence-corrected chi connectivity index (χ0v) is 19.6. The van der Waals surface area contributed by atoms with Crippen molar-refractivity contribution >= 4 is 23.2 Å². The van der Waals surface area contributed by atoms with Gasteiger partial charge in [-0.15, -0.1) is 0 Å². The summed E-state index contributed by atoms with van der Waals surface area (Å²) < 4.78 is 12.6. The molecular weight excluding hydrogens is 424 g/mol. The van der Waals surface area contributed by atoms with Crippen molar-refractivity contribution in [1.29, 1.82) is 0 Å². The third kappa shape index (κ3) is 3.65. The first-order chi connectivity index (χ1) is 15.0. The van der Waals surface area contributed by atoms with Gasteiger partial charge in [0.15, 0.2) is 11.6 Å². The van der Waals surface area contributed by atoms with E-state index in [1.807, 2.05) is 36.4 Å². The molecule has 5 heteroatoms. The highest BCUT2D eigenvalue weighted by Crippen LogP contribution is 2.53. The number of ether oxygens (including phenoxy) is 1. The lowest BCUT2D eigenvalue weighted by Crippen LogP contribution is -2.37. The van der Waals surface area contributed by atoms with Gasteiger partial charge in [-0.05, 0) is 35.1 Å². The molecule has 166 valence electrons. The van der Waals surface area contributed by atoms with E-state index in [2.05, 4.69) is 27.7 Å². The summed E-state index contributed by atoms with van der Waals surface area (Å²) in [7, 11) is 0. The summed E-state index contributed by atoms with van der Waals surface area (Å²) in [6.07, 6.45) is 2.18. The van der Waals surface area contributed by atoms with Gasteiger partial charge in [-0.3, -0.25) is 9.59 Å². The molecule has 0 unspecified atom stereocenters. The summed E-state index contributed by atoms with van der Waals surface area (Å²) in [5.41, 5.74) is 1.67. The van der Waals surface area contributed by atoms with Crippen LogP contribution < -0.4 is 0 Å². The Morgan fingerprint density at radius 2 is 1.44 bits per heavy atom. The van der Waals surface area contributed by atoms with Crippen LogP contribution >= 0.6 is 11.6 Å². The highest BCUT2D eigenvalue weighted by molar-refractivity contribution is 6.30. The first-order valence-corrected chi connectivity index (χ1v) is 11.5. The van der Waals surface area contributed by atoms with E-state index in [4.69, 9.17) is 20.8 Å². The number of hydrogen-bond acceptors (Lipinski definition) is 4. The molecule has 5 rings (SSSR count). The summed E-state index contributed by atoms with van der Waals surface area (Å²) in [5.74, 6) is 2.20. The van der Waals surface area contributed by atoms with E-state index in [1.165, 1.54) is 0 Å². The third-order valence-corrected chi connectivity index (χ3v) is 6.84. The molecule has 1 aromatic carbocycles. The molecule has 0 atom stereocenters. The van der Waals surface area contributed by atoms with Crippen LogP contribution in [0.4, 0.5) is 0 Å². The Hall–Kier alpha value is -2.59. The lowest BCUT2D eigenvalue weighted by atomic mass is 9.66. The second-order valence-electron chi connectivity index (χ2n) is 10.8. The van der Waals surface area contributed by atoms with Crippen LogP contribution in [-0.2, 0) is 14.3 Å². The molecular formula is C27H27ClO4. The predicted octanol–water partition coefficient (Wildman–Crippen LogP) is 7.00. The Morgan fingerprint density at radius 1 is 0.844 bits per heavy atom. The van der Waals surface area contributed by atoms with Gasteiger partial charge in [-0.1, -0.05) is 51.4 Å². The van der Waals surface area contributed by atoms with Crippen LogP contribution in [-0.4, -0.2) is 11.6 Å². The van der Waals surface area contributed by atoms with Gasteiger partial charge in [0.2, 0.25) is 0 Å². The number of furan rings is 1. The number of allylic oxidation sites excluding steroid dienone is 4. The summed E-state index contributed by atoms with van der Waals surface area (Å²) >= 11 is 6.16. The van der Waals surface area contributed by atoms with Gasteiger partial charge in [0.1, 0.15) is 23.0 Å². The molecule has 0 N–H and O–H groups in total. The normalized spacial score (nSPS) is 22.5. The molecule has 0 amide bonds. The average Bonchev–Trinajstić information content (AvgIpc) is 3.14. The second kappa shape index (κ2) is 7.21. The Morgan fingerprint density at radius 3 is 2.00 bits per heavy atom. The quantitative estimate of drug-likeness (QED) is 0.494. The molecule has 3 aliphatic rings. The van der Waals surface area contributed by atoms with E-state index >= 15 is 0 Å². The minimum absolute atomic E-state index is 0.0335. The second-order valence-corrected chi connectivity index (χ2v) is 11.2. The van der Waals surface area contributed by atoms with Crippen molar-refractivity contribution < 1.29 is 18.7 Å². The molecule has 0 bridgehead atoms. The fourth-order valence-corrected chi connectivity index (χ4v) is 5.45. The largest absolute Gasteiger partial charge is 0.465 e. The molecule has 2 aliphatic carbocycles. The standard InChI is InChI=1S/C27H27ClO4/c1-26(2)11-17(29)23-21(13-26)32-22-14-27(3,4)12-18(30)24(22)25(23)20-9-8-19(31-20)15-6-5-7-16(28)10-15/h5-10,25H,11-14H2,1-4H3. The molecule has 2 aromatic rings. The molecule has 0 radical (unpaired) electrons. The molecule has 1 aliphatic heterocycles. The minimum Gasteiger partial charge on any atom is -0.465 e. The van der Waals surface area contributed by atoms with Crippen molar-refractivity contribution in [3.05, 3.63) is 69.8 Å². The maximum atomic E-state index is 13.3. The smallest absolute Gasteiger partial charge is 0.163 e. The summed E-state index contributed by atoms with van der Waals surface area (Å²) in [4.78, 5) is 26.7. The molecule has 1 aromatic heterocycles. The van der Waals surface area contributed by atoms with Crippen molar-refractivity contribution in [2.24, 2.45) is 10.8 Å². The maximum absolute atomic E-state index is 13.3. The van der Waals surface area contributed by atoms with Gasteiger partial charge in [0, 0.05) is 47.4 Å². The van der Waals surface area contributed by atoms with Crippen LogP contribution in [0.3, 0.4) is 0 Å². The van der Waals surface area contributed by atoms with Gasteiger partial charge < -0.3 is 9.15 Å². The minimum atomic E-state index is -0.520. The Balaban J connectivity index is 1.65. The van der Waals surface area contributed by atoms with Gasteiger partial charge in [-0.2, -0.15) is 0 Å². The van der Waals surface area contributed by atoms with Crippen molar-refractivity contribution in [1.82, 2.24) is 0 Å². The number of benzene rings is 1. The SMILES string of the molecule is CC1(C)CC(=O)C2=C(C1)OC1=C(C(=O)CC(C)(C)C1)C2c1ccc(-c2cccc(Cl)c2)o1. The number of carbonyl (C=O) groups is 2. The molecule has 0 saturated carbocycles. The summed E-state index contributed by atoms with van der Waals surface area (Å²) in [5, 5.41) is 0.621. The molecule has 0 saturated heterocycles. The van der Waals surface area contributed by atoms with Gasteiger partial charge in [0.05, 0.1) is 5.92 Å². The van der Waals surface area contributed by atoms with Crippen LogP contribution in [0, 0.1) is 10.8 Å². The lowest BCUT2D eigenvalue weighted by Gasteiger charge is -2.42.